The SMILES string of the molecule is Cc1cccc(NC(C(=O)O)C(C)CC(C)C)c1. The maximum atomic E-state index is 11.3. The molecule has 100 valence electrons. The van der Waals surface area contributed by atoms with Gasteiger partial charge >= 0.3 is 5.97 Å². The average Bonchev–Trinajstić information content (AvgIpc) is 2.24. The van der Waals surface area contributed by atoms with E-state index in [0.29, 0.717) is 5.92 Å². The zero-order chi connectivity index (χ0) is 13.7. The van der Waals surface area contributed by atoms with Gasteiger partial charge in [0, 0.05) is 5.69 Å². The van der Waals surface area contributed by atoms with Crippen LogP contribution in [-0.2, 0) is 4.79 Å². The van der Waals surface area contributed by atoms with Crippen LogP contribution in [0.4, 0.5) is 5.69 Å². The van der Waals surface area contributed by atoms with E-state index in [9.17, 15) is 9.90 Å². The van der Waals surface area contributed by atoms with E-state index in [1.54, 1.807) is 0 Å². The number of carboxylic acids is 1. The summed E-state index contributed by atoms with van der Waals surface area (Å²) in [4.78, 5) is 11.3. The van der Waals surface area contributed by atoms with Crippen LogP contribution in [0.2, 0.25) is 0 Å². The molecule has 0 fully saturated rings. The molecule has 1 rings (SSSR count). The standard InChI is InChI=1S/C15H23NO2/c1-10(2)8-12(4)14(15(17)18)16-13-7-5-6-11(3)9-13/h5-7,9-10,12,14,16H,8H2,1-4H3,(H,17,18). The Labute approximate surface area is 109 Å². The highest BCUT2D eigenvalue weighted by molar-refractivity contribution is 5.77. The molecule has 18 heavy (non-hydrogen) atoms. The first-order chi connectivity index (χ1) is 8.40. The fourth-order valence-electron chi connectivity index (χ4n) is 2.24. The maximum Gasteiger partial charge on any atom is 0.326 e. The molecular formula is C15H23NO2. The number of carboxylic acid groups (broad SMARTS) is 1. The highest BCUT2D eigenvalue weighted by Gasteiger charge is 2.25. The minimum atomic E-state index is -0.787. The Balaban J connectivity index is 2.77. The molecule has 0 aliphatic heterocycles. The summed E-state index contributed by atoms with van der Waals surface area (Å²) >= 11 is 0. The Hall–Kier alpha value is -1.51. The number of benzene rings is 1. The summed E-state index contributed by atoms with van der Waals surface area (Å²) in [5, 5.41) is 12.4. The number of aryl methyl sites for hydroxylation is 1. The Kier molecular flexibility index (Phi) is 5.20. The first-order valence-electron chi connectivity index (χ1n) is 6.46. The number of nitrogens with one attached hydrogen (secondary N) is 1. The molecule has 0 aliphatic carbocycles. The van der Waals surface area contributed by atoms with Crippen LogP contribution < -0.4 is 5.32 Å². The summed E-state index contributed by atoms with van der Waals surface area (Å²) < 4.78 is 0. The Morgan fingerprint density at radius 2 is 2.00 bits per heavy atom. The average molecular weight is 249 g/mol. The molecule has 0 radical (unpaired) electrons. The molecule has 3 heteroatoms. The van der Waals surface area contributed by atoms with Crippen molar-refractivity contribution < 1.29 is 9.90 Å². The zero-order valence-electron chi connectivity index (χ0n) is 11.6. The van der Waals surface area contributed by atoms with Gasteiger partial charge in [-0.15, -0.1) is 0 Å². The van der Waals surface area contributed by atoms with Crippen molar-refractivity contribution in [2.45, 2.75) is 40.2 Å². The Morgan fingerprint density at radius 3 is 2.50 bits per heavy atom. The van der Waals surface area contributed by atoms with Crippen LogP contribution >= 0.6 is 0 Å². The Morgan fingerprint density at radius 1 is 1.33 bits per heavy atom. The number of hydrogen-bond acceptors (Lipinski definition) is 2. The fraction of sp³-hybridized carbons (Fsp3) is 0.533. The third kappa shape index (κ3) is 4.40. The van der Waals surface area contributed by atoms with Crippen molar-refractivity contribution in [1.29, 1.82) is 0 Å². The highest BCUT2D eigenvalue weighted by atomic mass is 16.4. The molecule has 2 unspecified atom stereocenters. The van der Waals surface area contributed by atoms with Crippen LogP contribution in [0.15, 0.2) is 24.3 Å². The third-order valence-corrected chi connectivity index (χ3v) is 3.02. The number of rotatable bonds is 6. The lowest BCUT2D eigenvalue weighted by Crippen LogP contribution is -2.36. The van der Waals surface area contributed by atoms with Gasteiger partial charge in [0.05, 0.1) is 0 Å². The van der Waals surface area contributed by atoms with Gasteiger partial charge in [-0.25, -0.2) is 4.79 Å². The molecule has 0 aliphatic rings. The molecular weight excluding hydrogens is 226 g/mol. The van der Waals surface area contributed by atoms with E-state index < -0.39 is 12.0 Å². The summed E-state index contributed by atoms with van der Waals surface area (Å²) in [6, 6.07) is 7.28. The molecule has 0 amide bonds. The summed E-state index contributed by atoms with van der Waals surface area (Å²) in [5.41, 5.74) is 2.00. The lowest BCUT2D eigenvalue weighted by atomic mass is 9.92. The van der Waals surface area contributed by atoms with Gasteiger partial charge in [-0.05, 0) is 42.9 Å². The Bertz CT molecular complexity index is 401. The van der Waals surface area contributed by atoms with Crippen LogP contribution in [0.1, 0.15) is 32.8 Å². The van der Waals surface area contributed by atoms with Gasteiger partial charge in [0.2, 0.25) is 0 Å². The van der Waals surface area contributed by atoms with Gasteiger partial charge in [-0.3, -0.25) is 0 Å². The van der Waals surface area contributed by atoms with Crippen molar-refractivity contribution in [3.05, 3.63) is 29.8 Å². The van der Waals surface area contributed by atoms with E-state index in [0.717, 1.165) is 17.7 Å². The lowest BCUT2D eigenvalue weighted by molar-refractivity contribution is -0.139. The van der Waals surface area contributed by atoms with Crippen molar-refractivity contribution in [2.24, 2.45) is 11.8 Å². The zero-order valence-corrected chi connectivity index (χ0v) is 11.6. The third-order valence-electron chi connectivity index (χ3n) is 3.02. The van der Waals surface area contributed by atoms with Crippen molar-refractivity contribution in [1.82, 2.24) is 0 Å². The van der Waals surface area contributed by atoms with E-state index in [2.05, 4.69) is 19.2 Å². The van der Waals surface area contributed by atoms with Crippen molar-refractivity contribution in [2.75, 3.05) is 5.32 Å². The summed E-state index contributed by atoms with van der Waals surface area (Å²) in [6.07, 6.45) is 0.899. The fourth-order valence-corrected chi connectivity index (χ4v) is 2.24. The number of anilines is 1. The second-order valence-corrected chi connectivity index (χ2v) is 5.44. The predicted molar refractivity (Wildman–Crippen MR) is 74.8 cm³/mol. The molecule has 1 aromatic carbocycles. The second-order valence-electron chi connectivity index (χ2n) is 5.44. The van der Waals surface area contributed by atoms with E-state index in [1.165, 1.54) is 0 Å². The van der Waals surface area contributed by atoms with Gasteiger partial charge in [-0.1, -0.05) is 32.9 Å². The number of hydrogen-bond donors (Lipinski definition) is 2. The minimum absolute atomic E-state index is 0.100. The van der Waals surface area contributed by atoms with Gasteiger partial charge in [-0.2, -0.15) is 0 Å². The van der Waals surface area contributed by atoms with Gasteiger partial charge in [0.15, 0.2) is 0 Å². The normalized spacial score (nSPS) is 14.3. The first kappa shape index (κ1) is 14.6. The molecule has 0 saturated heterocycles. The van der Waals surface area contributed by atoms with E-state index >= 15 is 0 Å². The molecule has 3 nitrogen and oxygen atoms in total. The van der Waals surface area contributed by atoms with E-state index in [1.807, 2.05) is 38.1 Å². The van der Waals surface area contributed by atoms with Crippen molar-refractivity contribution in [3.63, 3.8) is 0 Å². The molecule has 0 heterocycles. The largest absolute Gasteiger partial charge is 0.480 e. The topological polar surface area (TPSA) is 49.3 Å². The summed E-state index contributed by atoms with van der Waals surface area (Å²) in [5.74, 6) is -0.186. The maximum absolute atomic E-state index is 11.3. The number of carbonyl (C=O) groups is 1. The van der Waals surface area contributed by atoms with Crippen LogP contribution in [0, 0.1) is 18.8 Å². The molecule has 0 saturated carbocycles. The predicted octanol–water partition coefficient (Wildman–Crippen LogP) is 3.54. The van der Waals surface area contributed by atoms with Crippen LogP contribution in [0.3, 0.4) is 0 Å². The molecule has 2 atom stereocenters. The quantitative estimate of drug-likeness (QED) is 0.810. The van der Waals surface area contributed by atoms with Gasteiger partial charge in [0.1, 0.15) is 6.04 Å². The second kappa shape index (κ2) is 6.43. The van der Waals surface area contributed by atoms with Crippen molar-refractivity contribution in [3.8, 4) is 0 Å². The highest BCUT2D eigenvalue weighted by Crippen LogP contribution is 2.20. The van der Waals surface area contributed by atoms with E-state index in [4.69, 9.17) is 0 Å². The van der Waals surface area contributed by atoms with Crippen LogP contribution in [-0.4, -0.2) is 17.1 Å². The summed E-state index contributed by atoms with van der Waals surface area (Å²) in [6.45, 7) is 8.21. The van der Waals surface area contributed by atoms with Crippen LogP contribution in [0.5, 0.6) is 0 Å². The van der Waals surface area contributed by atoms with Crippen LogP contribution in [0.25, 0.3) is 0 Å². The molecule has 0 aromatic heterocycles. The molecule has 0 spiro atoms. The minimum Gasteiger partial charge on any atom is -0.480 e. The number of aliphatic carboxylic acids is 1. The molecule has 1 aromatic rings. The summed E-state index contributed by atoms with van der Waals surface area (Å²) in [7, 11) is 0. The first-order valence-corrected chi connectivity index (χ1v) is 6.46. The van der Waals surface area contributed by atoms with Gasteiger partial charge < -0.3 is 10.4 Å². The molecule has 0 bridgehead atoms. The molecule has 2 N–H and O–H groups in total. The lowest BCUT2D eigenvalue weighted by Gasteiger charge is -2.24. The van der Waals surface area contributed by atoms with Gasteiger partial charge in [0.25, 0.3) is 0 Å². The monoisotopic (exact) mass is 249 g/mol. The van der Waals surface area contributed by atoms with Crippen molar-refractivity contribution >= 4 is 11.7 Å². The van der Waals surface area contributed by atoms with E-state index in [-0.39, 0.29) is 5.92 Å². The smallest absolute Gasteiger partial charge is 0.326 e.